The lowest BCUT2D eigenvalue weighted by molar-refractivity contribution is -0.141. The van der Waals surface area contributed by atoms with Gasteiger partial charge in [-0.05, 0) is 24.0 Å². The summed E-state index contributed by atoms with van der Waals surface area (Å²) in [4.78, 5) is 22.5. The highest BCUT2D eigenvalue weighted by Gasteiger charge is 2.20. The SMILES string of the molecule is CCC(NC(=O)CC(C)c1ccc(F)cc1F)C(=O)O. The molecule has 0 aromatic heterocycles. The molecule has 0 aliphatic heterocycles. The van der Waals surface area contributed by atoms with Crippen molar-refractivity contribution in [3.63, 3.8) is 0 Å². The first kappa shape index (κ1) is 16.1. The van der Waals surface area contributed by atoms with Gasteiger partial charge in [-0.15, -0.1) is 0 Å². The van der Waals surface area contributed by atoms with E-state index < -0.39 is 35.5 Å². The van der Waals surface area contributed by atoms with E-state index in [9.17, 15) is 18.4 Å². The van der Waals surface area contributed by atoms with Crippen LogP contribution in [0.1, 0.15) is 38.2 Å². The van der Waals surface area contributed by atoms with E-state index in [1.54, 1.807) is 13.8 Å². The van der Waals surface area contributed by atoms with Crippen LogP contribution in [0.2, 0.25) is 0 Å². The van der Waals surface area contributed by atoms with Crippen molar-refractivity contribution in [2.75, 3.05) is 0 Å². The second-order valence-corrected chi connectivity index (χ2v) is 4.64. The molecule has 2 atom stereocenters. The van der Waals surface area contributed by atoms with Crippen LogP contribution in [0, 0.1) is 11.6 Å². The first-order valence-electron chi connectivity index (χ1n) is 6.32. The van der Waals surface area contributed by atoms with E-state index in [0.29, 0.717) is 0 Å². The molecule has 110 valence electrons. The molecule has 1 amide bonds. The normalized spacial score (nSPS) is 13.6. The van der Waals surface area contributed by atoms with Crippen molar-refractivity contribution in [2.24, 2.45) is 0 Å². The number of amides is 1. The zero-order valence-electron chi connectivity index (χ0n) is 11.3. The van der Waals surface area contributed by atoms with Gasteiger partial charge in [-0.1, -0.05) is 19.9 Å². The Labute approximate surface area is 115 Å². The fourth-order valence-electron chi connectivity index (χ4n) is 1.88. The molecule has 1 aromatic rings. The molecule has 0 heterocycles. The summed E-state index contributed by atoms with van der Waals surface area (Å²) in [6, 6.07) is 2.22. The van der Waals surface area contributed by atoms with Gasteiger partial charge in [0, 0.05) is 12.5 Å². The maximum absolute atomic E-state index is 13.5. The summed E-state index contributed by atoms with van der Waals surface area (Å²) in [6.07, 6.45) is 0.201. The fourth-order valence-corrected chi connectivity index (χ4v) is 1.88. The predicted molar refractivity (Wildman–Crippen MR) is 69.2 cm³/mol. The molecule has 1 aromatic carbocycles. The molecule has 0 spiro atoms. The molecule has 0 radical (unpaired) electrons. The Kier molecular flexibility index (Phi) is 5.61. The van der Waals surface area contributed by atoms with Crippen LogP contribution in [0.3, 0.4) is 0 Å². The van der Waals surface area contributed by atoms with E-state index in [2.05, 4.69) is 5.32 Å². The number of nitrogens with one attached hydrogen (secondary N) is 1. The minimum absolute atomic E-state index is 0.0632. The minimum Gasteiger partial charge on any atom is -0.480 e. The number of hydrogen-bond acceptors (Lipinski definition) is 2. The van der Waals surface area contributed by atoms with Crippen molar-refractivity contribution >= 4 is 11.9 Å². The van der Waals surface area contributed by atoms with Crippen LogP contribution >= 0.6 is 0 Å². The lowest BCUT2D eigenvalue weighted by atomic mass is 9.96. The average molecular weight is 285 g/mol. The average Bonchev–Trinajstić information content (AvgIpc) is 2.35. The molecule has 2 N–H and O–H groups in total. The Hall–Kier alpha value is -1.98. The first-order valence-corrected chi connectivity index (χ1v) is 6.32. The fraction of sp³-hybridized carbons (Fsp3) is 0.429. The number of carboxylic acids is 1. The largest absolute Gasteiger partial charge is 0.480 e. The Morgan fingerprint density at radius 1 is 1.35 bits per heavy atom. The number of rotatable bonds is 6. The number of halogens is 2. The lowest BCUT2D eigenvalue weighted by Crippen LogP contribution is -2.40. The standard InChI is InChI=1S/C14H17F2NO3/c1-3-12(14(19)20)17-13(18)6-8(2)10-5-4-9(15)7-11(10)16/h4-5,7-8,12H,3,6H2,1-2H3,(H,17,18)(H,19,20). The van der Waals surface area contributed by atoms with Crippen LogP contribution in [0.15, 0.2) is 18.2 Å². The van der Waals surface area contributed by atoms with Crippen LogP contribution < -0.4 is 5.32 Å². The maximum Gasteiger partial charge on any atom is 0.326 e. The van der Waals surface area contributed by atoms with E-state index in [-0.39, 0.29) is 18.4 Å². The lowest BCUT2D eigenvalue weighted by Gasteiger charge is -2.16. The van der Waals surface area contributed by atoms with Gasteiger partial charge in [0.25, 0.3) is 0 Å². The highest BCUT2D eigenvalue weighted by molar-refractivity contribution is 5.83. The smallest absolute Gasteiger partial charge is 0.326 e. The van der Waals surface area contributed by atoms with E-state index in [1.165, 1.54) is 6.07 Å². The van der Waals surface area contributed by atoms with Gasteiger partial charge in [0.1, 0.15) is 17.7 Å². The monoisotopic (exact) mass is 285 g/mol. The van der Waals surface area contributed by atoms with Crippen LogP contribution in [-0.4, -0.2) is 23.0 Å². The number of carbonyl (C=O) groups excluding carboxylic acids is 1. The van der Waals surface area contributed by atoms with Crippen molar-refractivity contribution in [2.45, 2.75) is 38.6 Å². The third-order valence-electron chi connectivity index (χ3n) is 3.03. The summed E-state index contributed by atoms with van der Waals surface area (Å²) in [5, 5.41) is 11.2. The van der Waals surface area contributed by atoms with E-state index in [1.807, 2.05) is 0 Å². The quantitative estimate of drug-likeness (QED) is 0.843. The number of benzene rings is 1. The predicted octanol–water partition coefficient (Wildman–Crippen LogP) is 2.44. The van der Waals surface area contributed by atoms with Crippen molar-refractivity contribution in [1.82, 2.24) is 5.32 Å². The van der Waals surface area contributed by atoms with Gasteiger partial charge in [-0.3, -0.25) is 4.79 Å². The van der Waals surface area contributed by atoms with Gasteiger partial charge < -0.3 is 10.4 Å². The van der Waals surface area contributed by atoms with Crippen LogP contribution in [0.25, 0.3) is 0 Å². The molecule has 0 saturated carbocycles. The number of carboxylic acid groups (broad SMARTS) is 1. The van der Waals surface area contributed by atoms with Crippen molar-refractivity contribution in [3.8, 4) is 0 Å². The Balaban J connectivity index is 2.68. The van der Waals surface area contributed by atoms with Crippen molar-refractivity contribution < 1.29 is 23.5 Å². The molecule has 4 nitrogen and oxygen atoms in total. The Morgan fingerprint density at radius 2 is 2.00 bits per heavy atom. The zero-order chi connectivity index (χ0) is 15.3. The van der Waals surface area contributed by atoms with Crippen molar-refractivity contribution in [1.29, 1.82) is 0 Å². The third-order valence-corrected chi connectivity index (χ3v) is 3.03. The molecule has 2 unspecified atom stereocenters. The molecule has 1 rings (SSSR count). The first-order chi connectivity index (χ1) is 9.35. The number of carbonyl (C=O) groups is 2. The van der Waals surface area contributed by atoms with Gasteiger partial charge >= 0.3 is 5.97 Å². The van der Waals surface area contributed by atoms with E-state index in [0.717, 1.165) is 12.1 Å². The highest BCUT2D eigenvalue weighted by Crippen LogP contribution is 2.22. The van der Waals surface area contributed by atoms with Crippen LogP contribution in [-0.2, 0) is 9.59 Å². The minimum atomic E-state index is -1.11. The van der Waals surface area contributed by atoms with Crippen LogP contribution in [0.5, 0.6) is 0 Å². The van der Waals surface area contributed by atoms with Crippen molar-refractivity contribution in [3.05, 3.63) is 35.4 Å². The molecule has 0 aliphatic rings. The van der Waals surface area contributed by atoms with Gasteiger partial charge in [-0.25, -0.2) is 13.6 Å². The number of aliphatic carboxylic acids is 1. The second kappa shape index (κ2) is 6.98. The van der Waals surface area contributed by atoms with E-state index in [4.69, 9.17) is 5.11 Å². The molecular weight excluding hydrogens is 268 g/mol. The summed E-state index contributed by atoms with van der Waals surface area (Å²) >= 11 is 0. The third kappa shape index (κ3) is 4.29. The Bertz CT molecular complexity index is 505. The topological polar surface area (TPSA) is 66.4 Å². The zero-order valence-corrected chi connectivity index (χ0v) is 11.3. The summed E-state index contributed by atoms with van der Waals surface area (Å²) in [7, 11) is 0. The van der Waals surface area contributed by atoms with E-state index >= 15 is 0 Å². The van der Waals surface area contributed by atoms with Gasteiger partial charge in [-0.2, -0.15) is 0 Å². The van der Waals surface area contributed by atoms with Gasteiger partial charge in [0.2, 0.25) is 5.91 Å². The second-order valence-electron chi connectivity index (χ2n) is 4.64. The molecular formula is C14H17F2NO3. The molecule has 0 fully saturated rings. The summed E-state index contributed by atoms with van der Waals surface area (Å²) < 4.78 is 26.3. The molecule has 0 saturated heterocycles. The highest BCUT2D eigenvalue weighted by atomic mass is 19.1. The molecule has 20 heavy (non-hydrogen) atoms. The Morgan fingerprint density at radius 3 is 2.50 bits per heavy atom. The molecule has 0 bridgehead atoms. The molecule has 6 heteroatoms. The maximum atomic E-state index is 13.5. The summed E-state index contributed by atoms with van der Waals surface area (Å²) in [6.45, 7) is 3.26. The molecule has 0 aliphatic carbocycles. The van der Waals surface area contributed by atoms with Crippen LogP contribution in [0.4, 0.5) is 8.78 Å². The number of hydrogen-bond donors (Lipinski definition) is 2. The summed E-state index contributed by atoms with van der Waals surface area (Å²) in [5.74, 6) is -3.45. The summed E-state index contributed by atoms with van der Waals surface area (Å²) in [5.41, 5.74) is 0.227. The van der Waals surface area contributed by atoms with Gasteiger partial charge in [0.05, 0.1) is 0 Å². The van der Waals surface area contributed by atoms with Gasteiger partial charge in [0.15, 0.2) is 0 Å².